The lowest BCUT2D eigenvalue weighted by Crippen LogP contribution is -2.64. The van der Waals surface area contributed by atoms with Crippen LogP contribution in [0.5, 0.6) is 0 Å². The molecule has 4 aliphatic carbocycles. The molecule has 7 fully saturated rings. The van der Waals surface area contributed by atoms with Gasteiger partial charge >= 0.3 is 5.97 Å². The summed E-state index contributed by atoms with van der Waals surface area (Å²) in [5, 5.41) is 86.2. The zero-order chi connectivity index (χ0) is 38.8. The van der Waals surface area contributed by atoms with Gasteiger partial charge in [0, 0.05) is 11.8 Å². The lowest BCUT2D eigenvalue weighted by molar-refractivity contribution is -0.369. The van der Waals surface area contributed by atoms with Crippen LogP contribution in [0.25, 0.3) is 0 Å². The van der Waals surface area contributed by atoms with Gasteiger partial charge in [0.25, 0.3) is 0 Å². The highest BCUT2D eigenvalue weighted by molar-refractivity contribution is 5.73. The quantitative estimate of drug-likeness (QED) is 0.134. The Morgan fingerprint density at radius 1 is 0.833 bits per heavy atom. The third kappa shape index (κ3) is 5.74. The van der Waals surface area contributed by atoms with Gasteiger partial charge < -0.3 is 69.3 Å². The largest absolute Gasteiger partial charge is 0.430 e. The molecule has 0 aromatic rings. The average Bonchev–Trinajstić information content (AvgIpc) is 3.55. The molecule has 0 bridgehead atoms. The molecule has 3 saturated carbocycles. The summed E-state index contributed by atoms with van der Waals surface area (Å²) in [6.07, 6.45) is -9.42. The summed E-state index contributed by atoms with van der Waals surface area (Å²) in [6.45, 7) is 9.22. The zero-order valence-electron chi connectivity index (χ0n) is 31.7. The van der Waals surface area contributed by atoms with Crippen molar-refractivity contribution in [2.24, 2.45) is 46.3 Å². The number of hydrogen-bond acceptors (Lipinski definition) is 15. The van der Waals surface area contributed by atoms with E-state index in [1.54, 1.807) is 6.92 Å². The summed E-state index contributed by atoms with van der Waals surface area (Å²) in [7, 11) is 0. The molecule has 8 aliphatic rings. The second-order valence-electron chi connectivity index (χ2n) is 18.4. The van der Waals surface area contributed by atoms with Crippen LogP contribution >= 0.6 is 0 Å². The zero-order valence-corrected chi connectivity index (χ0v) is 31.7. The number of fused-ring (bicyclic) bond motifs is 7. The molecule has 0 aromatic heterocycles. The van der Waals surface area contributed by atoms with Crippen LogP contribution in [0.3, 0.4) is 0 Å². The maximum atomic E-state index is 12.7. The number of carbonyl (C=O) groups excluding carboxylic acids is 1. The van der Waals surface area contributed by atoms with Crippen LogP contribution < -0.4 is 0 Å². The Kier molecular flexibility index (Phi) is 10.2. The van der Waals surface area contributed by atoms with Crippen molar-refractivity contribution in [1.82, 2.24) is 0 Å². The number of allylic oxidation sites excluding steroid dienone is 1. The maximum absolute atomic E-state index is 12.7. The lowest BCUT2D eigenvalue weighted by atomic mass is 9.46. The van der Waals surface area contributed by atoms with Gasteiger partial charge in [-0.3, -0.25) is 4.79 Å². The number of esters is 1. The molecule has 15 heteroatoms. The summed E-state index contributed by atoms with van der Waals surface area (Å²) in [4.78, 5) is 12.7. The van der Waals surface area contributed by atoms with E-state index in [9.17, 15) is 45.6 Å². The van der Waals surface area contributed by atoms with Crippen LogP contribution in [-0.2, 0) is 33.2 Å². The summed E-state index contributed by atoms with van der Waals surface area (Å²) in [6, 6.07) is 0. The monoisotopic (exact) mass is 768 g/mol. The van der Waals surface area contributed by atoms with Crippen LogP contribution in [0.4, 0.5) is 0 Å². The Hall–Kier alpha value is -1.31. The first-order valence-electron chi connectivity index (χ1n) is 20.1. The predicted molar refractivity (Wildman–Crippen MR) is 184 cm³/mol. The Labute approximate surface area is 315 Å². The summed E-state index contributed by atoms with van der Waals surface area (Å²) in [5.41, 5.74) is 0.797. The summed E-state index contributed by atoms with van der Waals surface area (Å²) < 4.78 is 36.4. The fraction of sp³-hybridized carbons (Fsp3) is 0.923. The van der Waals surface area contributed by atoms with Crippen molar-refractivity contribution in [3.63, 3.8) is 0 Å². The van der Waals surface area contributed by atoms with E-state index >= 15 is 0 Å². The topological polar surface area (TPSA) is 234 Å². The van der Waals surface area contributed by atoms with Gasteiger partial charge in [-0.2, -0.15) is 0 Å². The third-order valence-electron chi connectivity index (χ3n) is 15.6. The molecule has 4 heterocycles. The smallest absolute Gasteiger partial charge is 0.311 e. The van der Waals surface area contributed by atoms with Crippen molar-refractivity contribution in [2.45, 2.75) is 171 Å². The molecular weight excluding hydrogens is 708 g/mol. The van der Waals surface area contributed by atoms with Gasteiger partial charge in [0.15, 0.2) is 12.6 Å². The average molecular weight is 769 g/mol. The molecule has 306 valence electrons. The minimum Gasteiger partial charge on any atom is -0.430 e. The maximum Gasteiger partial charge on any atom is 0.311 e. The van der Waals surface area contributed by atoms with Crippen LogP contribution in [0.15, 0.2) is 11.6 Å². The minimum absolute atomic E-state index is 0.0402. The van der Waals surface area contributed by atoms with E-state index < -0.39 is 98.0 Å². The van der Waals surface area contributed by atoms with E-state index in [0.29, 0.717) is 18.8 Å². The van der Waals surface area contributed by atoms with Crippen molar-refractivity contribution >= 4 is 5.97 Å². The molecule has 23 atom stereocenters. The first kappa shape index (κ1) is 39.5. The Balaban J connectivity index is 0.986. The van der Waals surface area contributed by atoms with Crippen molar-refractivity contribution in [1.29, 1.82) is 0 Å². The SMILES string of the molecule is C[C@@H]1C[C@@H](O)C2(OC1=O)O[C@H]1[C@H](O)[C@H]3[C@@H]4CC=C5C[C@@H](O[C@@H]6O[C@H](CO)[C@@H](O)[C@H](O)[C@H]6O[C@@H]6O[C@@H](C)[C@H](O)[C@@H](O)[C@H]6O)CC[C@]5(C)[C@H]4CC[C@]3(C)[C@H]1[C@@H]2C. The van der Waals surface area contributed by atoms with Crippen LogP contribution in [0.1, 0.15) is 79.6 Å². The lowest BCUT2D eigenvalue weighted by Gasteiger charge is -2.59. The van der Waals surface area contributed by atoms with E-state index in [1.807, 2.05) is 6.92 Å². The van der Waals surface area contributed by atoms with Gasteiger partial charge in [-0.05, 0) is 80.5 Å². The molecule has 4 aliphatic heterocycles. The first-order chi connectivity index (χ1) is 25.5. The predicted octanol–water partition coefficient (Wildman–Crippen LogP) is -0.142. The molecule has 0 amide bonds. The Bertz CT molecular complexity index is 1460. The second kappa shape index (κ2) is 13.9. The highest BCUT2D eigenvalue weighted by atomic mass is 16.8. The van der Waals surface area contributed by atoms with Gasteiger partial charge in [-0.15, -0.1) is 0 Å². The highest BCUT2D eigenvalue weighted by Gasteiger charge is 2.74. The van der Waals surface area contributed by atoms with Crippen molar-refractivity contribution in [2.75, 3.05) is 6.61 Å². The summed E-state index contributed by atoms with van der Waals surface area (Å²) >= 11 is 0. The van der Waals surface area contributed by atoms with Gasteiger partial charge in [0.05, 0.1) is 36.9 Å². The van der Waals surface area contributed by atoms with Crippen molar-refractivity contribution < 1.29 is 74.1 Å². The van der Waals surface area contributed by atoms with E-state index in [4.69, 9.17) is 28.4 Å². The number of aliphatic hydroxyl groups excluding tert-OH is 8. The second-order valence-corrected chi connectivity index (χ2v) is 18.4. The molecule has 15 nitrogen and oxygen atoms in total. The molecular formula is C39H60O15. The van der Waals surface area contributed by atoms with Crippen molar-refractivity contribution in [3.8, 4) is 0 Å². The van der Waals surface area contributed by atoms with Crippen LogP contribution in [0, 0.1) is 46.3 Å². The minimum atomic E-state index is -1.65. The Morgan fingerprint density at radius 3 is 2.30 bits per heavy atom. The van der Waals surface area contributed by atoms with E-state index in [2.05, 4.69) is 19.9 Å². The van der Waals surface area contributed by atoms with Gasteiger partial charge in [0.2, 0.25) is 5.79 Å². The van der Waals surface area contributed by atoms with Gasteiger partial charge in [-0.25, -0.2) is 0 Å². The molecule has 0 radical (unpaired) electrons. The molecule has 8 N–H and O–H groups in total. The van der Waals surface area contributed by atoms with E-state index in [1.165, 1.54) is 12.5 Å². The molecule has 0 aromatic carbocycles. The fourth-order valence-corrected chi connectivity index (χ4v) is 12.6. The molecule has 8 rings (SSSR count). The fourth-order valence-electron chi connectivity index (χ4n) is 12.6. The standard InChI is InChI=1S/C39H60O15/c1-15-12-23(41)39(54-34(15)48)16(2)24-32(53-39)28(44)25-20-7-6-18-13-19(8-10-37(18,4)21(20)9-11-38(24,25)5)50-36-33(30(46)27(43)22(14-40)51-36)52-35-31(47)29(45)26(42)17(3)49-35/h6,15-17,19-33,35-36,40-47H,7-14H2,1-5H3/t15-,16+,17+,19+,20-,21+,22-,23-,24+,25-,26+,27-,28-,29-,30+,31-,32-,33-,35+,36-,37+,38-,39?/m1/s1. The number of ether oxygens (including phenoxy) is 6. The van der Waals surface area contributed by atoms with Gasteiger partial charge in [0.1, 0.15) is 48.8 Å². The number of rotatable bonds is 5. The first-order valence-corrected chi connectivity index (χ1v) is 20.1. The molecule has 1 unspecified atom stereocenters. The van der Waals surface area contributed by atoms with Crippen LogP contribution in [-0.4, -0.2) is 145 Å². The molecule has 54 heavy (non-hydrogen) atoms. The molecule has 4 saturated heterocycles. The Morgan fingerprint density at radius 2 is 1.57 bits per heavy atom. The number of aliphatic hydroxyl groups is 8. The number of carbonyl (C=O) groups is 1. The highest BCUT2D eigenvalue weighted by Crippen LogP contribution is 2.70. The van der Waals surface area contributed by atoms with Gasteiger partial charge in [-0.1, -0.05) is 39.3 Å². The normalized spacial score (nSPS) is 58.5. The van der Waals surface area contributed by atoms with Crippen LogP contribution in [0.2, 0.25) is 0 Å². The molecule has 1 spiro atoms. The van der Waals surface area contributed by atoms with E-state index in [-0.39, 0.29) is 53.0 Å². The summed E-state index contributed by atoms with van der Waals surface area (Å²) in [5.74, 6) is -2.18. The van der Waals surface area contributed by atoms with Crippen molar-refractivity contribution in [3.05, 3.63) is 11.6 Å². The van der Waals surface area contributed by atoms with E-state index in [0.717, 1.165) is 25.7 Å². The third-order valence-corrected chi connectivity index (χ3v) is 15.6. The number of hydrogen-bond donors (Lipinski definition) is 8.